The summed E-state index contributed by atoms with van der Waals surface area (Å²) in [5.41, 5.74) is 4.77. The molecule has 5 aromatic rings. The molecule has 15 heteroatoms. The number of anilines is 2. The van der Waals surface area contributed by atoms with Gasteiger partial charge in [0.1, 0.15) is 17.4 Å². The zero-order chi connectivity index (χ0) is 37.1. The molecule has 1 unspecified atom stereocenters. The van der Waals surface area contributed by atoms with Gasteiger partial charge in [-0.2, -0.15) is 10.2 Å². The number of fused-ring (bicyclic) bond motifs is 3. The highest BCUT2D eigenvalue weighted by atomic mass is 16.5. The van der Waals surface area contributed by atoms with Gasteiger partial charge in [0, 0.05) is 67.3 Å². The molecule has 54 heavy (non-hydrogen) atoms. The number of piperidine rings is 1. The number of benzene rings is 2. The molecular formula is C39H41N9O6. The maximum Gasteiger partial charge on any atom is 0.261 e. The summed E-state index contributed by atoms with van der Waals surface area (Å²) >= 11 is 0. The van der Waals surface area contributed by atoms with E-state index in [9.17, 15) is 19.2 Å². The Kier molecular flexibility index (Phi) is 8.52. The van der Waals surface area contributed by atoms with Gasteiger partial charge in [0.25, 0.3) is 11.8 Å². The first-order valence-corrected chi connectivity index (χ1v) is 18.6. The summed E-state index contributed by atoms with van der Waals surface area (Å²) in [6.07, 6.45) is 11.5. The highest BCUT2D eigenvalue weighted by molar-refractivity contribution is 6.09. The van der Waals surface area contributed by atoms with Gasteiger partial charge in [-0.25, -0.2) is 9.50 Å². The van der Waals surface area contributed by atoms with E-state index in [-0.39, 0.29) is 48.5 Å². The van der Waals surface area contributed by atoms with Crippen molar-refractivity contribution in [2.45, 2.75) is 89.3 Å². The predicted molar refractivity (Wildman–Crippen MR) is 197 cm³/mol. The summed E-state index contributed by atoms with van der Waals surface area (Å²) in [5.74, 6) is -0.619. The van der Waals surface area contributed by atoms with Gasteiger partial charge in [-0.15, -0.1) is 0 Å². The van der Waals surface area contributed by atoms with E-state index in [0.29, 0.717) is 41.2 Å². The summed E-state index contributed by atoms with van der Waals surface area (Å²) in [6, 6.07) is 11.0. The Bertz CT molecular complexity index is 2300. The van der Waals surface area contributed by atoms with Crippen LogP contribution in [0.3, 0.4) is 0 Å². The van der Waals surface area contributed by atoms with Gasteiger partial charge in [0.2, 0.25) is 11.8 Å². The van der Waals surface area contributed by atoms with Gasteiger partial charge in [0.05, 0.1) is 41.8 Å². The van der Waals surface area contributed by atoms with E-state index in [1.807, 2.05) is 55.1 Å². The standard InChI is InChI=1S/C39H41N9O6/c1-22(2)53-34-16-31-24(15-32(34)42-37(50)30-17-41-47-13-3-12-40-36(30)47)19-48(44-31)25-4-7-27(8-5-25)54-28-20-45(21-28)26-6-9-29-23(14-26)18-46(39(29)52)33-10-11-35(49)43-38(33)51/h3,6,9,12-17,19,22,25,27-28,33H,4-5,7-8,10-11,18,20-21H2,1-2H3,(H,42,50)(H,43,49,51)/t25-,27-,33?. The van der Waals surface area contributed by atoms with Crippen molar-refractivity contribution < 1.29 is 28.7 Å². The third kappa shape index (κ3) is 6.31. The molecule has 4 amide bonds. The zero-order valence-electron chi connectivity index (χ0n) is 30.1. The topological polar surface area (TPSA) is 165 Å². The Labute approximate surface area is 310 Å². The summed E-state index contributed by atoms with van der Waals surface area (Å²) < 4.78 is 16.3. The number of amides is 4. The molecule has 3 aliphatic heterocycles. The van der Waals surface area contributed by atoms with Crippen molar-refractivity contribution in [1.82, 2.24) is 34.6 Å². The van der Waals surface area contributed by atoms with Crippen molar-refractivity contribution in [2.75, 3.05) is 23.3 Å². The highest BCUT2D eigenvalue weighted by Gasteiger charge is 2.40. The number of aromatic nitrogens is 5. The van der Waals surface area contributed by atoms with E-state index in [0.717, 1.165) is 60.9 Å². The molecule has 2 aromatic carbocycles. The van der Waals surface area contributed by atoms with Crippen LogP contribution in [0.2, 0.25) is 0 Å². The largest absolute Gasteiger partial charge is 0.489 e. The lowest BCUT2D eigenvalue weighted by atomic mass is 9.92. The second-order valence-corrected chi connectivity index (χ2v) is 14.9. The van der Waals surface area contributed by atoms with E-state index in [1.165, 1.54) is 6.20 Å². The van der Waals surface area contributed by atoms with E-state index in [1.54, 1.807) is 27.9 Å². The van der Waals surface area contributed by atoms with Gasteiger partial charge >= 0.3 is 0 Å². The number of carbonyl (C=O) groups is 4. The van der Waals surface area contributed by atoms with Gasteiger partial charge in [-0.3, -0.25) is 29.2 Å². The summed E-state index contributed by atoms with van der Waals surface area (Å²) in [4.78, 5) is 58.6. The number of imide groups is 1. The van der Waals surface area contributed by atoms with Crippen LogP contribution in [-0.4, -0.2) is 90.4 Å². The molecule has 9 rings (SSSR count). The molecule has 1 atom stereocenters. The van der Waals surface area contributed by atoms with Crippen LogP contribution in [0.25, 0.3) is 16.6 Å². The molecule has 2 N–H and O–H groups in total. The Morgan fingerprint density at radius 1 is 1.02 bits per heavy atom. The maximum atomic E-state index is 13.3. The fraction of sp³-hybridized carbons (Fsp3) is 0.410. The summed E-state index contributed by atoms with van der Waals surface area (Å²) in [6.45, 7) is 5.82. The van der Waals surface area contributed by atoms with Gasteiger partial charge in [-0.1, -0.05) is 0 Å². The van der Waals surface area contributed by atoms with Crippen LogP contribution in [0.5, 0.6) is 5.75 Å². The third-order valence-corrected chi connectivity index (χ3v) is 10.9. The summed E-state index contributed by atoms with van der Waals surface area (Å²) in [5, 5.41) is 15.5. The zero-order valence-corrected chi connectivity index (χ0v) is 30.1. The molecule has 3 fully saturated rings. The minimum Gasteiger partial charge on any atom is -0.489 e. The lowest BCUT2D eigenvalue weighted by Crippen LogP contribution is -2.53. The molecule has 278 valence electrons. The van der Waals surface area contributed by atoms with Crippen molar-refractivity contribution in [1.29, 1.82) is 0 Å². The maximum absolute atomic E-state index is 13.3. The van der Waals surface area contributed by atoms with Gasteiger partial charge < -0.3 is 24.6 Å². The fourth-order valence-electron chi connectivity index (χ4n) is 8.10. The molecule has 0 bridgehead atoms. The number of nitrogens with zero attached hydrogens (tertiary/aromatic N) is 7. The minimum absolute atomic E-state index is 0.103. The van der Waals surface area contributed by atoms with E-state index >= 15 is 0 Å². The minimum atomic E-state index is -0.617. The van der Waals surface area contributed by atoms with Gasteiger partial charge in [-0.05, 0) is 81.8 Å². The van der Waals surface area contributed by atoms with Crippen LogP contribution >= 0.6 is 0 Å². The highest BCUT2D eigenvalue weighted by Crippen LogP contribution is 2.37. The fourth-order valence-corrected chi connectivity index (χ4v) is 8.10. The number of ether oxygens (including phenoxy) is 2. The average Bonchev–Trinajstić information content (AvgIpc) is 3.85. The van der Waals surface area contributed by atoms with Crippen molar-refractivity contribution in [2.24, 2.45) is 0 Å². The molecule has 2 saturated heterocycles. The molecular weight excluding hydrogens is 690 g/mol. The van der Waals surface area contributed by atoms with Crippen molar-refractivity contribution >= 4 is 51.6 Å². The molecule has 4 aliphatic rings. The van der Waals surface area contributed by atoms with E-state index < -0.39 is 11.9 Å². The van der Waals surface area contributed by atoms with Crippen LogP contribution in [0.4, 0.5) is 11.4 Å². The third-order valence-electron chi connectivity index (χ3n) is 10.9. The Balaban J connectivity index is 0.799. The lowest BCUT2D eigenvalue weighted by molar-refractivity contribution is -0.136. The Hall–Kier alpha value is -5.83. The monoisotopic (exact) mass is 731 g/mol. The number of nitrogens with one attached hydrogen (secondary N) is 2. The molecule has 1 aliphatic carbocycles. The van der Waals surface area contributed by atoms with Crippen molar-refractivity contribution in [3.63, 3.8) is 0 Å². The number of carbonyl (C=O) groups excluding carboxylic acids is 4. The smallest absolute Gasteiger partial charge is 0.261 e. The second-order valence-electron chi connectivity index (χ2n) is 14.9. The molecule has 6 heterocycles. The number of hydrogen-bond donors (Lipinski definition) is 2. The van der Waals surface area contributed by atoms with Crippen LogP contribution in [0.1, 0.15) is 84.7 Å². The predicted octanol–water partition coefficient (Wildman–Crippen LogP) is 4.27. The van der Waals surface area contributed by atoms with Crippen LogP contribution in [0.15, 0.2) is 61.2 Å². The number of hydrogen-bond acceptors (Lipinski definition) is 10. The van der Waals surface area contributed by atoms with Gasteiger partial charge in [0.15, 0.2) is 5.65 Å². The Morgan fingerprint density at radius 2 is 1.85 bits per heavy atom. The van der Waals surface area contributed by atoms with Crippen LogP contribution in [0, 0.1) is 0 Å². The summed E-state index contributed by atoms with van der Waals surface area (Å²) in [7, 11) is 0. The first-order chi connectivity index (χ1) is 26.2. The van der Waals surface area contributed by atoms with Crippen molar-refractivity contribution in [3.05, 3.63) is 77.9 Å². The first-order valence-electron chi connectivity index (χ1n) is 18.6. The first kappa shape index (κ1) is 34.0. The van der Waals surface area contributed by atoms with Crippen LogP contribution in [-0.2, 0) is 20.9 Å². The molecule has 3 aromatic heterocycles. The average molecular weight is 732 g/mol. The normalized spacial score (nSPS) is 21.8. The molecule has 1 saturated carbocycles. The van der Waals surface area contributed by atoms with Crippen LogP contribution < -0.4 is 20.3 Å². The van der Waals surface area contributed by atoms with E-state index in [2.05, 4.69) is 25.6 Å². The molecule has 0 radical (unpaired) electrons. The number of rotatable bonds is 9. The second kappa shape index (κ2) is 13.5. The quantitative estimate of drug-likeness (QED) is 0.209. The SMILES string of the molecule is CC(C)Oc1cc2nn([C@H]3CC[C@H](OC4CN(c5ccc6c(c5)CN(C5CCC(=O)NC5=O)C6=O)C4)CC3)cc2cc1NC(=O)c1cnn2cccnc12. The molecule has 15 nitrogen and oxygen atoms in total. The van der Waals surface area contributed by atoms with Crippen molar-refractivity contribution in [3.8, 4) is 5.75 Å². The lowest BCUT2D eigenvalue weighted by Gasteiger charge is -2.43. The molecule has 0 spiro atoms. The van der Waals surface area contributed by atoms with E-state index in [4.69, 9.17) is 14.6 Å². The Morgan fingerprint density at radius 3 is 2.65 bits per heavy atom.